The summed E-state index contributed by atoms with van der Waals surface area (Å²) in [4.78, 5) is 35.7. The molecule has 126 valence electrons. The zero-order chi connectivity index (χ0) is 16.8. The molecule has 2 fully saturated rings. The first-order valence-corrected chi connectivity index (χ1v) is 9.80. The molecule has 4 rings (SSSR count). The number of hydrogen-bond acceptors (Lipinski definition) is 6. The Bertz CT molecular complexity index is 836. The smallest absolute Gasteiger partial charge is 0.243 e. The fourth-order valence-electron chi connectivity index (χ4n) is 2.77. The molecule has 1 saturated carbocycles. The quantitative estimate of drug-likeness (QED) is 0.600. The van der Waals surface area contributed by atoms with E-state index in [4.69, 9.17) is 11.6 Å². The SMILES string of the molecule is CN1CN(C(=O)CSc2ncnc3c(C4CC4)c(Cl)sc23)CC1=O. The average molecular weight is 383 g/mol. The number of rotatable bonds is 4. The summed E-state index contributed by atoms with van der Waals surface area (Å²) in [5.74, 6) is 0.680. The Morgan fingerprint density at radius 3 is 2.92 bits per heavy atom. The number of thioether (sulfide) groups is 1. The lowest BCUT2D eigenvalue weighted by molar-refractivity contribution is -0.129. The molecule has 2 amide bonds. The van der Waals surface area contributed by atoms with Crippen LogP contribution in [-0.2, 0) is 9.59 Å². The van der Waals surface area contributed by atoms with E-state index in [0.29, 0.717) is 12.6 Å². The number of aromatic nitrogens is 2. The highest BCUT2D eigenvalue weighted by molar-refractivity contribution is 8.00. The molecule has 6 nitrogen and oxygen atoms in total. The van der Waals surface area contributed by atoms with Crippen molar-refractivity contribution in [1.29, 1.82) is 0 Å². The van der Waals surface area contributed by atoms with Gasteiger partial charge < -0.3 is 9.80 Å². The summed E-state index contributed by atoms with van der Waals surface area (Å²) >= 11 is 9.27. The molecule has 0 atom stereocenters. The number of fused-ring (bicyclic) bond motifs is 1. The number of thiophene rings is 1. The van der Waals surface area contributed by atoms with Crippen LogP contribution in [0.3, 0.4) is 0 Å². The fourth-order valence-corrected chi connectivity index (χ4v) is 5.29. The van der Waals surface area contributed by atoms with Gasteiger partial charge in [0.25, 0.3) is 0 Å². The van der Waals surface area contributed by atoms with Crippen LogP contribution in [0.4, 0.5) is 0 Å². The van der Waals surface area contributed by atoms with Gasteiger partial charge in [-0.2, -0.15) is 0 Å². The Balaban J connectivity index is 1.52. The summed E-state index contributed by atoms with van der Waals surface area (Å²) in [5, 5.41) is 0.783. The largest absolute Gasteiger partial charge is 0.326 e. The van der Waals surface area contributed by atoms with Crippen LogP contribution < -0.4 is 0 Å². The zero-order valence-corrected chi connectivity index (χ0v) is 15.4. The summed E-state index contributed by atoms with van der Waals surface area (Å²) in [5.41, 5.74) is 2.06. The van der Waals surface area contributed by atoms with E-state index in [1.165, 1.54) is 29.4 Å². The van der Waals surface area contributed by atoms with Gasteiger partial charge in [-0.15, -0.1) is 11.3 Å². The topological polar surface area (TPSA) is 66.4 Å². The lowest BCUT2D eigenvalue weighted by Crippen LogP contribution is -2.31. The lowest BCUT2D eigenvalue weighted by Gasteiger charge is -2.14. The average Bonchev–Trinajstić information content (AvgIpc) is 3.25. The van der Waals surface area contributed by atoms with Crippen LogP contribution in [0.5, 0.6) is 0 Å². The van der Waals surface area contributed by atoms with Crippen LogP contribution in [0.25, 0.3) is 10.2 Å². The first-order valence-electron chi connectivity index (χ1n) is 7.62. The molecule has 0 radical (unpaired) electrons. The zero-order valence-electron chi connectivity index (χ0n) is 13.0. The van der Waals surface area contributed by atoms with E-state index in [1.807, 2.05) is 0 Å². The Labute approximate surface area is 152 Å². The third-order valence-corrected chi connectivity index (χ3v) is 6.76. The minimum Gasteiger partial charge on any atom is -0.326 e. The van der Waals surface area contributed by atoms with Crippen LogP contribution in [0.2, 0.25) is 4.34 Å². The number of likely N-dealkylation sites (N-methyl/N-ethyl adjacent to an activating group) is 1. The van der Waals surface area contributed by atoms with Gasteiger partial charge in [-0.3, -0.25) is 9.59 Å². The maximum atomic E-state index is 12.3. The monoisotopic (exact) mass is 382 g/mol. The second-order valence-corrected chi connectivity index (χ2v) is 8.62. The van der Waals surface area contributed by atoms with E-state index in [1.54, 1.807) is 16.8 Å². The molecule has 0 N–H and O–H groups in total. The molecule has 0 unspecified atom stereocenters. The number of hydrogen-bond donors (Lipinski definition) is 0. The summed E-state index contributed by atoms with van der Waals surface area (Å²) in [7, 11) is 1.70. The van der Waals surface area contributed by atoms with Gasteiger partial charge in [0.2, 0.25) is 11.8 Å². The summed E-state index contributed by atoms with van der Waals surface area (Å²) in [6.07, 6.45) is 3.86. The van der Waals surface area contributed by atoms with Gasteiger partial charge in [0, 0.05) is 12.6 Å². The maximum absolute atomic E-state index is 12.3. The van der Waals surface area contributed by atoms with Crippen molar-refractivity contribution in [2.24, 2.45) is 0 Å². The highest BCUT2D eigenvalue weighted by Crippen LogP contribution is 2.50. The van der Waals surface area contributed by atoms with E-state index >= 15 is 0 Å². The van der Waals surface area contributed by atoms with Crippen LogP contribution in [-0.4, -0.2) is 57.6 Å². The number of amides is 2. The molecule has 1 aliphatic carbocycles. The molecule has 1 saturated heterocycles. The van der Waals surface area contributed by atoms with E-state index in [9.17, 15) is 9.59 Å². The van der Waals surface area contributed by atoms with E-state index in [0.717, 1.165) is 38.0 Å². The van der Waals surface area contributed by atoms with Crippen molar-refractivity contribution < 1.29 is 9.59 Å². The molecule has 9 heteroatoms. The van der Waals surface area contributed by atoms with Gasteiger partial charge in [0.1, 0.15) is 17.9 Å². The van der Waals surface area contributed by atoms with Crippen LogP contribution in [0, 0.1) is 0 Å². The number of nitrogens with zero attached hydrogens (tertiary/aromatic N) is 4. The predicted octanol–water partition coefficient (Wildman–Crippen LogP) is 2.57. The van der Waals surface area contributed by atoms with Crippen molar-refractivity contribution in [3.8, 4) is 0 Å². The molecule has 3 heterocycles. The van der Waals surface area contributed by atoms with Gasteiger partial charge in [-0.05, 0) is 18.8 Å². The molecule has 2 aromatic rings. The Kier molecular flexibility index (Phi) is 4.14. The van der Waals surface area contributed by atoms with Crippen molar-refractivity contribution in [2.45, 2.75) is 23.8 Å². The van der Waals surface area contributed by atoms with Gasteiger partial charge in [-0.25, -0.2) is 9.97 Å². The Morgan fingerprint density at radius 2 is 2.25 bits per heavy atom. The third kappa shape index (κ3) is 2.87. The maximum Gasteiger partial charge on any atom is 0.243 e. The van der Waals surface area contributed by atoms with Crippen LogP contribution in [0.1, 0.15) is 24.3 Å². The standard InChI is InChI=1S/C15H15ClN4O2S2/c1-19-7-20(4-9(19)21)10(22)5-23-15-13-12(17-6-18-15)11(8-2-3-8)14(16)24-13/h6,8H,2-5,7H2,1H3. The fraction of sp³-hybridized carbons (Fsp3) is 0.467. The molecule has 2 aromatic heterocycles. The number of carbonyl (C=O) groups is 2. The van der Waals surface area contributed by atoms with Crippen molar-refractivity contribution >= 4 is 56.7 Å². The van der Waals surface area contributed by atoms with Gasteiger partial charge in [0.15, 0.2) is 0 Å². The molecule has 0 spiro atoms. The minimum atomic E-state index is -0.0606. The third-order valence-electron chi connectivity index (χ3n) is 4.24. The van der Waals surface area contributed by atoms with Gasteiger partial charge in [-0.1, -0.05) is 23.4 Å². The minimum absolute atomic E-state index is 0.0307. The molecule has 2 aliphatic rings. The number of carbonyl (C=O) groups excluding carboxylic acids is 2. The lowest BCUT2D eigenvalue weighted by atomic mass is 10.2. The Morgan fingerprint density at radius 1 is 1.46 bits per heavy atom. The van der Waals surface area contributed by atoms with Crippen molar-refractivity contribution in [3.05, 3.63) is 16.2 Å². The van der Waals surface area contributed by atoms with Crippen LogP contribution >= 0.6 is 34.7 Å². The van der Waals surface area contributed by atoms with E-state index < -0.39 is 0 Å². The summed E-state index contributed by atoms with van der Waals surface area (Å²) < 4.78 is 1.74. The van der Waals surface area contributed by atoms with E-state index in [-0.39, 0.29) is 24.1 Å². The molecule has 24 heavy (non-hydrogen) atoms. The molecular formula is C15H15ClN4O2S2. The van der Waals surface area contributed by atoms with Gasteiger partial charge >= 0.3 is 0 Å². The highest BCUT2D eigenvalue weighted by atomic mass is 35.5. The molecule has 1 aliphatic heterocycles. The molecule has 0 aromatic carbocycles. The predicted molar refractivity (Wildman–Crippen MR) is 94.5 cm³/mol. The second kappa shape index (κ2) is 6.16. The van der Waals surface area contributed by atoms with Crippen molar-refractivity contribution in [2.75, 3.05) is 26.0 Å². The second-order valence-electron chi connectivity index (χ2n) is 6.03. The highest BCUT2D eigenvalue weighted by Gasteiger charge is 2.31. The van der Waals surface area contributed by atoms with Crippen LogP contribution in [0.15, 0.2) is 11.4 Å². The van der Waals surface area contributed by atoms with E-state index in [2.05, 4.69) is 9.97 Å². The molecule has 0 bridgehead atoms. The number of halogens is 1. The van der Waals surface area contributed by atoms with Gasteiger partial charge in [0.05, 0.1) is 27.0 Å². The van der Waals surface area contributed by atoms with Crippen molar-refractivity contribution in [1.82, 2.24) is 19.8 Å². The molecular weight excluding hydrogens is 368 g/mol. The first-order chi connectivity index (χ1) is 11.5. The normalized spacial score (nSPS) is 18.0. The van der Waals surface area contributed by atoms with Crippen molar-refractivity contribution in [3.63, 3.8) is 0 Å². The first kappa shape index (κ1) is 16.1. The Hall–Kier alpha value is -1.38. The summed E-state index contributed by atoms with van der Waals surface area (Å²) in [6.45, 7) is 0.514. The summed E-state index contributed by atoms with van der Waals surface area (Å²) in [6, 6.07) is 0.